The van der Waals surface area contributed by atoms with Crippen molar-refractivity contribution >= 4 is 28.9 Å². The average molecular weight is 297 g/mol. The molecule has 1 aromatic rings. The molecular formula is C16H15N3OS. The summed E-state index contributed by atoms with van der Waals surface area (Å²) < 4.78 is 0. The summed E-state index contributed by atoms with van der Waals surface area (Å²) in [5, 5.41) is 12.4. The number of aliphatic imine (C=N–C) groups is 1. The third-order valence-electron chi connectivity index (χ3n) is 3.59. The van der Waals surface area contributed by atoms with Crippen LogP contribution in [0.5, 0.6) is 0 Å². The first kappa shape index (κ1) is 13.9. The van der Waals surface area contributed by atoms with Crippen LogP contribution in [0.15, 0.2) is 34.2 Å². The Kier molecular flexibility index (Phi) is 4.07. The van der Waals surface area contributed by atoms with Crippen LogP contribution in [0.2, 0.25) is 0 Å². The number of amides is 1. The van der Waals surface area contributed by atoms with Crippen molar-refractivity contribution in [2.75, 3.05) is 0 Å². The molecule has 0 spiro atoms. The second-order valence-electron chi connectivity index (χ2n) is 5.17. The first-order valence-corrected chi connectivity index (χ1v) is 7.85. The van der Waals surface area contributed by atoms with Crippen LogP contribution < -0.4 is 5.32 Å². The van der Waals surface area contributed by atoms with E-state index in [0.29, 0.717) is 21.7 Å². The van der Waals surface area contributed by atoms with Gasteiger partial charge in [-0.3, -0.25) is 9.79 Å². The highest BCUT2D eigenvalue weighted by Gasteiger charge is 2.25. The second-order valence-corrected chi connectivity index (χ2v) is 6.21. The lowest BCUT2D eigenvalue weighted by Crippen LogP contribution is -2.21. The van der Waals surface area contributed by atoms with Crippen molar-refractivity contribution in [3.05, 3.63) is 40.3 Å². The lowest BCUT2D eigenvalue weighted by Gasteiger charge is -2.02. The van der Waals surface area contributed by atoms with E-state index >= 15 is 0 Å². The van der Waals surface area contributed by atoms with Crippen molar-refractivity contribution < 1.29 is 4.79 Å². The Morgan fingerprint density at radius 3 is 2.95 bits per heavy atom. The molecule has 0 radical (unpaired) electrons. The Labute approximate surface area is 128 Å². The lowest BCUT2D eigenvalue weighted by atomic mass is 10.1. The summed E-state index contributed by atoms with van der Waals surface area (Å²) in [5.41, 5.74) is 1.45. The van der Waals surface area contributed by atoms with Crippen LogP contribution in [0.25, 0.3) is 6.08 Å². The molecular weight excluding hydrogens is 282 g/mol. The van der Waals surface area contributed by atoms with E-state index in [4.69, 9.17) is 5.26 Å². The lowest BCUT2D eigenvalue weighted by molar-refractivity contribution is -0.115. The van der Waals surface area contributed by atoms with E-state index in [1.807, 2.05) is 12.1 Å². The van der Waals surface area contributed by atoms with Crippen LogP contribution >= 0.6 is 11.8 Å². The van der Waals surface area contributed by atoms with Crippen LogP contribution in [-0.4, -0.2) is 17.1 Å². The zero-order valence-electron chi connectivity index (χ0n) is 11.5. The third kappa shape index (κ3) is 3.34. The van der Waals surface area contributed by atoms with Crippen LogP contribution in [0, 0.1) is 11.3 Å². The highest BCUT2D eigenvalue weighted by Crippen LogP contribution is 2.29. The second kappa shape index (κ2) is 6.15. The number of nitrogens with one attached hydrogen (secondary N) is 1. The third-order valence-corrected chi connectivity index (χ3v) is 4.51. The van der Waals surface area contributed by atoms with Crippen LogP contribution in [0.4, 0.5) is 0 Å². The molecule has 0 atom stereocenters. The molecule has 2 aliphatic rings. The van der Waals surface area contributed by atoms with Gasteiger partial charge in [-0.1, -0.05) is 25.0 Å². The first-order valence-electron chi connectivity index (χ1n) is 7.03. The summed E-state index contributed by atoms with van der Waals surface area (Å²) in [7, 11) is 0. The van der Waals surface area contributed by atoms with Gasteiger partial charge >= 0.3 is 0 Å². The topological polar surface area (TPSA) is 65.2 Å². The molecule has 1 aliphatic heterocycles. The molecule has 1 saturated heterocycles. The highest BCUT2D eigenvalue weighted by molar-refractivity contribution is 8.18. The molecule has 1 saturated carbocycles. The molecule has 0 aromatic heterocycles. The molecule has 0 unspecified atom stereocenters. The minimum atomic E-state index is -0.112. The Morgan fingerprint density at radius 2 is 2.19 bits per heavy atom. The van der Waals surface area contributed by atoms with E-state index in [1.165, 1.54) is 24.6 Å². The summed E-state index contributed by atoms with van der Waals surface area (Å²) >= 11 is 1.38. The number of benzene rings is 1. The SMILES string of the molecule is N#Cc1cccc(/C=C2/SC(=NC3CCCC3)NC2=O)c1. The van der Waals surface area contributed by atoms with Crippen LogP contribution in [0.1, 0.15) is 36.8 Å². The number of thioether (sulfide) groups is 1. The zero-order valence-corrected chi connectivity index (χ0v) is 12.3. The summed E-state index contributed by atoms with van der Waals surface area (Å²) in [4.78, 5) is 17.2. The fourth-order valence-electron chi connectivity index (χ4n) is 2.54. The van der Waals surface area contributed by atoms with Gasteiger partial charge in [0, 0.05) is 0 Å². The molecule has 21 heavy (non-hydrogen) atoms. The number of hydrogen-bond acceptors (Lipinski definition) is 4. The average Bonchev–Trinajstić information content (AvgIpc) is 3.10. The first-order chi connectivity index (χ1) is 10.2. The normalized spacial score (nSPS) is 22.7. The van der Waals surface area contributed by atoms with Gasteiger partial charge in [0.05, 0.1) is 22.6 Å². The molecule has 3 rings (SSSR count). The Morgan fingerprint density at radius 1 is 1.38 bits per heavy atom. The van der Waals surface area contributed by atoms with E-state index in [-0.39, 0.29) is 5.91 Å². The molecule has 1 aromatic carbocycles. The van der Waals surface area contributed by atoms with Gasteiger partial charge in [-0.2, -0.15) is 5.26 Å². The zero-order chi connectivity index (χ0) is 14.7. The van der Waals surface area contributed by atoms with Crippen LogP contribution in [-0.2, 0) is 4.79 Å². The molecule has 0 bridgehead atoms. The van der Waals surface area contributed by atoms with E-state index in [1.54, 1.807) is 18.2 Å². The quantitative estimate of drug-likeness (QED) is 0.853. The predicted octanol–water partition coefficient (Wildman–Crippen LogP) is 3.06. The Hall–Kier alpha value is -2.06. The van der Waals surface area contributed by atoms with Crippen molar-refractivity contribution in [3.8, 4) is 6.07 Å². The van der Waals surface area contributed by atoms with Gasteiger partial charge in [-0.05, 0) is 48.4 Å². The van der Waals surface area contributed by atoms with E-state index in [2.05, 4.69) is 16.4 Å². The number of carbonyl (C=O) groups excluding carboxylic acids is 1. The Balaban J connectivity index is 1.78. The largest absolute Gasteiger partial charge is 0.301 e. The predicted molar refractivity (Wildman–Crippen MR) is 84.6 cm³/mol. The van der Waals surface area contributed by atoms with Crippen molar-refractivity contribution in [2.24, 2.45) is 4.99 Å². The maximum absolute atomic E-state index is 12.0. The number of carbonyl (C=O) groups is 1. The molecule has 2 fully saturated rings. The number of nitriles is 1. The summed E-state index contributed by atoms with van der Waals surface area (Å²) in [6, 6.07) is 9.67. The molecule has 1 amide bonds. The van der Waals surface area contributed by atoms with Gasteiger partial charge in [0.1, 0.15) is 0 Å². The molecule has 106 valence electrons. The maximum atomic E-state index is 12.0. The summed E-state index contributed by atoms with van der Waals surface area (Å²) in [6.45, 7) is 0. The fraction of sp³-hybridized carbons (Fsp3) is 0.312. The maximum Gasteiger partial charge on any atom is 0.264 e. The number of amidine groups is 1. The minimum Gasteiger partial charge on any atom is -0.301 e. The van der Waals surface area contributed by atoms with Crippen molar-refractivity contribution in [3.63, 3.8) is 0 Å². The summed E-state index contributed by atoms with van der Waals surface area (Å²) in [5.74, 6) is -0.112. The van der Waals surface area contributed by atoms with Gasteiger partial charge in [0.2, 0.25) is 0 Å². The van der Waals surface area contributed by atoms with Crippen LogP contribution in [0.3, 0.4) is 0 Å². The fourth-order valence-corrected chi connectivity index (χ4v) is 3.43. The molecule has 1 aliphatic carbocycles. The molecule has 1 heterocycles. The van der Waals surface area contributed by atoms with Crippen molar-refractivity contribution in [1.82, 2.24) is 5.32 Å². The van der Waals surface area contributed by atoms with E-state index in [0.717, 1.165) is 18.4 Å². The van der Waals surface area contributed by atoms with Gasteiger partial charge in [-0.25, -0.2) is 0 Å². The van der Waals surface area contributed by atoms with Gasteiger partial charge in [0.25, 0.3) is 5.91 Å². The van der Waals surface area contributed by atoms with Gasteiger partial charge in [0.15, 0.2) is 5.17 Å². The van der Waals surface area contributed by atoms with E-state index in [9.17, 15) is 4.79 Å². The Bertz CT molecular complexity index is 666. The number of hydrogen-bond donors (Lipinski definition) is 1. The van der Waals surface area contributed by atoms with E-state index < -0.39 is 0 Å². The van der Waals surface area contributed by atoms with Gasteiger partial charge in [-0.15, -0.1) is 0 Å². The molecule has 1 N–H and O–H groups in total. The number of nitrogens with zero attached hydrogens (tertiary/aromatic N) is 2. The molecule has 4 nitrogen and oxygen atoms in total. The molecule has 5 heteroatoms. The number of rotatable bonds is 2. The van der Waals surface area contributed by atoms with Gasteiger partial charge < -0.3 is 5.32 Å². The smallest absolute Gasteiger partial charge is 0.264 e. The van der Waals surface area contributed by atoms with Crippen molar-refractivity contribution in [1.29, 1.82) is 5.26 Å². The highest BCUT2D eigenvalue weighted by atomic mass is 32.2. The standard InChI is InChI=1S/C16H15N3OS/c17-10-12-5-3-4-11(8-12)9-14-15(20)19-16(21-14)18-13-6-1-2-7-13/h3-5,8-9,13H,1-2,6-7H2,(H,18,19,20)/b14-9+. The monoisotopic (exact) mass is 297 g/mol. The minimum absolute atomic E-state index is 0.112. The van der Waals surface area contributed by atoms with Crippen molar-refractivity contribution in [2.45, 2.75) is 31.7 Å². The summed E-state index contributed by atoms with van der Waals surface area (Å²) in [6.07, 6.45) is 6.48.